The van der Waals surface area contributed by atoms with Crippen molar-refractivity contribution in [2.24, 2.45) is 0 Å². The van der Waals surface area contributed by atoms with E-state index in [1.54, 1.807) is 37.4 Å². The molecule has 0 aliphatic rings. The number of methoxy groups -OCH3 is 2. The van der Waals surface area contributed by atoms with Crippen molar-refractivity contribution in [2.45, 2.75) is 13.1 Å². The highest BCUT2D eigenvalue weighted by Gasteiger charge is 2.18. The molecule has 3 aromatic carbocycles. The number of rotatable bonds is 8. The van der Waals surface area contributed by atoms with Gasteiger partial charge in [-0.25, -0.2) is 9.18 Å². The van der Waals surface area contributed by atoms with Crippen molar-refractivity contribution in [2.75, 3.05) is 19.1 Å². The molecule has 0 aliphatic carbocycles. The number of nitrogens with zero attached hydrogens (tertiary/aromatic N) is 1. The molecule has 6 heteroatoms. The van der Waals surface area contributed by atoms with Crippen LogP contribution in [0.15, 0.2) is 66.7 Å². The monoisotopic (exact) mass is 395 g/mol. The second-order valence-corrected chi connectivity index (χ2v) is 6.45. The SMILES string of the molecule is COc1ccccc1CN(Cc1ccccc1F)c1ccc(OC)c(C(=O)O)c1. The van der Waals surface area contributed by atoms with Gasteiger partial charge in [-0.05, 0) is 30.3 Å². The summed E-state index contributed by atoms with van der Waals surface area (Å²) in [5.74, 6) is -0.432. The molecule has 0 saturated heterocycles. The number of para-hydroxylation sites is 1. The third-order valence-corrected chi connectivity index (χ3v) is 4.65. The summed E-state index contributed by atoms with van der Waals surface area (Å²) in [7, 11) is 3.02. The molecule has 0 radical (unpaired) electrons. The van der Waals surface area contributed by atoms with E-state index in [1.807, 2.05) is 29.2 Å². The van der Waals surface area contributed by atoms with E-state index in [-0.39, 0.29) is 23.7 Å². The minimum atomic E-state index is -1.09. The van der Waals surface area contributed by atoms with Gasteiger partial charge in [0.15, 0.2) is 0 Å². The van der Waals surface area contributed by atoms with Crippen molar-refractivity contribution >= 4 is 11.7 Å². The molecule has 0 unspecified atom stereocenters. The van der Waals surface area contributed by atoms with Gasteiger partial charge in [-0.3, -0.25) is 0 Å². The highest BCUT2D eigenvalue weighted by Crippen LogP contribution is 2.29. The van der Waals surface area contributed by atoms with Crippen LogP contribution in [0.5, 0.6) is 11.5 Å². The molecule has 1 N–H and O–H groups in total. The lowest BCUT2D eigenvalue weighted by Crippen LogP contribution is -2.23. The summed E-state index contributed by atoms with van der Waals surface area (Å²) in [5.41, 5.74) is 2.09. The van der Waals surface area contributed by atoms with Crippen LogP contribution in [0.4, 0.5) is 10.1 Å². The zero-order valence-electron chi connectivity index (χ0n) is 16.3. The third-order valence-electron chi connectivity index (χ3n) is 4.65. The maximum absolute atomic E-state index is 14.3. The summed E-state index contributed by atoms with van der Waals surface area (Å²) in [4.78, 5) is 13.6. The Morgan fingerprint density at radius 2 is 1.52 bits per heavy atom. The molecule has 0 saturated carbocycles. The molecule has 5 nitrogen and oxygen atoms in total. The zero-order valence-corrected chi connectivity index (χ0v) is 16.3. The van der Waals surface area contributed by atoms with Crippen molar-refractivity contribution in [1.82, 2.24) is 0 Å². The lowest BCUT2D eigenvalue weighted by atomic mass is 10.1. The molecule has 3 aromatic rings. The average molecular weight is 395 g/mol. The summed E-state index contributed by atoms with van der Waals surface area (Å²) >= 11 is 0. The van der Waals surface area contributed by atoms with Gasteiger partial charge in [0.2, 0.25) is 0 Å². The number of anilines is 1. The Morgan fingerprint density at radius 3 is 2.17 bits per heavy atom. The molecule has 0 spiro atoms. The van der Waals surface area contributed by atoms with Gasteiger partial charge < -0.3 is 19.5 Å². The number of aromatic carboxylic acids is 1. The fraction of sp³-hybridized carbons (Fsp3) is 0.174. The van der Waals surface area contributed by atoms with Crippen molar-refractivity contribution in [3.63, 3.8) is 0 Å². The Labute approximate surface area is 168 Å². The van der Waals surface area contributed by atoms with E-state index in [0.717, 1.165) is 5.56 Å². The minimum Gasteiger partial charge on any atom is -0.496 e. The quantitative estimate of drug-likeness (QED) is 0.597. The number of benzene rings is 3. The molecule has 0 fully saturated rings. The second kappa shape index (κ2) is 9.10. The lowest BCUT2D eigenvalue weighted by Gasteiger charge is -2.27. The van der Waals surface area contributed by atoms with E-state index in [0.29, 0.717) is 23.5 Å². The van der Waals surface area contributed by atoms with Crippen LogP contribution in [-0.2, 0) is 13.1 Å². The van der Waals surface area contributed by atoms with Crippen molar-refractivity contribution in [1.29, 1.82) is 0 Å². The van der Waals surface area contributed by atoms with Crippen LogP contribution in [0.3, 0.4) is 0 Å². The van der Waals surface area contributed by atoms with Gasteiger partial charge in [-0.1, -0.05) is 36.4 Å². The number of hydrogen-bond donors (Lipinski definition) is 1. The number of ether oxygens (including phenoxy) is 2. The fourth-order valence-electron chi connectivity index (χ4n) is 3.17. The van der Waals surface area contributed by atoms with Gasteiger partial charge in [0.1, 0.15) is 22.9 Å². The first-order valence-corrected chi connectivity index (χ1v) is 9.05. The predicted molar refractivity (Wildman–Crippen MR) is 109 cm³/mol. The number of carbonyl (C=O) groups is 1. The van der Waals surface area contributed by atoms with Crippen LogP contribution in [0, 0.1) is 5.82 Å². The topological polar surface area (TPSA) is 59.0 Å². The summed E-state index contributed by atoms with van der Waals surface area (Å²) < 4.78 is 24.9. The van der Waals surface area contributed by atoms with Crippen LogP contribution in [-0.4, -0.2) is 25.3 Å². The van der Waals surface area contributed by atoms with Gasteiger partial charge >= 0.3 is 5.97 Å². The first kappa shape index (κ1) is 20.2. The van der Waals surface area contributed by atoms with Crippen LogP contribution >= 0.6 is 0 Å². The van der Waals surface area contributed by atoms with Crippen LogP contribution in [0.1, 0.15) is 21.5 Å². The smallest absolute Gasteiger partial charge is 0.339 e. The Morgan fingerprint density at radius 1 is 0.897 bits per heavy atom. The van der Waals surface area contributed by atoms with Crippen molar-refractivity contribution < 1.29 is 23.8 Å². The van der Waals surface area contributed by atoms with Crippen molar-refractivity contribution in [3.8, 4) is 11.5 Å². The van der Waals surface area contributed by atoms with Crippen LogP contribution in [0.2, 0.25) is 0 Å². The van der Waals surface area contributed by atoms with E-state index in [4.69, 9.17) is 9.47 Å². The van der Waals surface area contributed by atoms with E-state index >= 15 is 0 Å². The molecule has 0 atom stereocenters. The van der Waals surface area contributed by atoms with Gasteiger partial charge in [0.05, 0.1) is 14.2 Å². The molecule has 0 amide bonds. The Kier molecular flexibility index (Phi) is 6.34. The summed E-state index contributed by atoms with van der Waals surface area (Å²) in [6.07, 6.45) is 0. The standard InChI is InChI=1S/C23H22FNO4/c1-28-21-10-6-4-8-17(21)15-25(14-16-7-3-5-9-20(16)24)18-11-12-22(29-2)19(13-18)23(26)27/h3-13H,14-15H2,1-2H3,(H,26,27). The van der Waals surface area contributed by atoms with E-state index in [2.05, 4.69) is 0 Å². The van der Waals surface area contributed by atoms with Crippen LogP contribution in [0.25, 0.3) is 0 Å². The first-order chi connectivity index (χ1) is 14.0. The van der Waals surface area contributed by atoms with E-state index in [1.165, 1.54) is 19.2 Å². The molecule has 150 valence electrons. The van der Waals surface area contributed by atoms with E-state index < -0.39 is 5.97 Å². The first-order valence-electron chi connectivity index (χ1n) is 9.05. The average Bonchev–Trinajstić information content (AvgIpc) is 2.74. The zero-order chi connectivity index (χ0) is 20.8. The molecule has 0 aliphatic heterocycles. The molecule has 0 bridgehead atoms. The number of hydrogen-bond acceptors (Lipinski definition) is 4. The molecular weight excluding hydrogens is 373 g/mol. The summed E-state index contributed by atoms with van der Waals surface area (Å²) in [5, 5.41) is 9.53. The lowest BCUT2D eigenvalue weighted by molar-refractivity contribution is 0.0693. The Hall–Kier alpha value is -3.54. The highest BCUT2D eigenvalue weighted by molar-refractivity contribution is 5.92. The van der Waals surface area contributed by atoms with E-state index in [9.17, 15) is 14.3 Å². The summed E-state index contributed by atoms with van der Waals surface area (Å²) in [6, 6.07) is 19.0. The number of halogens is 1. The molecule has 29 heavy (non-hydrogen) atoms. The maximum Gasteiger partial charge on any atom is 0.339 e. The van der Waals surface area contributed by atoms with Gasteiger partial charge in [-0.15, -0.1) is 0 Å². The van der Waals surface area contributed by atoms with Crippen molar-refractivity contribution in [3.05, 3.63) is 89.2 Å². The summed E-state index contributed by atoms with van der Waals surface area (Å²) in [6.45, 7) is 0.667. The minimum absolute atomic E-state index is 0.0450. The van der Waals surface area contributed by atoms with Gasteiger partial charge in [0, 0.05) is 29.9 Å². The third kappa shape index (κ3) is 4.66. The highest BCUT2D eigenvalue weighted by atomic mass is 19.1. The van der Waals surface area contributed by atoms with Gasteiger partial charge in [-0.2, -0.15) is 0 Å². The maximum atomic E-state index is 14.3. The van der Waals surface area contributed by atoms with Gasteiger partial charge in [0.25, 0.3) is 0 Å². The second-order valence-electron chi connectivity index (χ2n) is 6.45. The number of carboxylic acids is 1. The fourth-order valence-corrected chi connectivity index (χ4v) is 3.17. The Balaban J connectivity index is 2.04. The normalized spacial score (nSPS) is 10.4. The Bertz CT molecular complexity index is 1010. The number of carboxylic acid groups (broad SMARTS) is 1. The van der Waals surface area contributed by atoms with Crippen LogP contribution < -0.4 is 14.4 Å². The molecular formula is C23H22FNO4. The molecule has 0 heterocycles. The predicted octanol–water partition coefficient (Wildman–Crippen LogP) is 4.75. The molecule has 3 rings (SSSR count). The largest absolute Gasteiger partial charge is 0.496 e. The molecule has 0 aromatic heterocycles.